The van der Waals surface area contributed by atoms with Gasteiger partial charge in [-0.15, -0.1) is 11.3 Å². The predicted octanol–water partition coefficient (Wildman–Crippen LogP) is 1.89. The number of ether oxygens (including phenoxy) is 4. The number of thiazole rings is 1. The first kappa shape index (κ1) is 27.7. The molecule has 12 nitrogen and oxygen atoms in total. The summed E-state index contributed by atoms with van der Waals surface area (Å²) in [5.74, 6) is -0.370. The third-order valence-corrected chi connectivity index (χ3v) is 5.32. The summed E-state index contributed by atoms with van der Waals surface area (Å²) >= 11 is 1.17. The Morgan fingerprint density at radius 3 is 2.43 bits per heavy atom. The van der Waals surface area contributed by atoms with Gasteiger partial charge in [0.15, 0.2) is 10.8 Å². The Balaban J connectivity index is 0.000000247. The van der Waals surface area contributed by atoms with Gasteiger partial charge in [0.05, 0.1) is 26.2 Å². The first-order valence-electron chi connectivity index (χ1n) is 10.5. The van der Waals surface area contributed by atoms with Crippen LogP contribution in [0.3, 0.4) is 0 Å². The number of methoxy groups -OCH3 is 3. The van der Waals surface area contributed by atoms with E-state index in [0.717, 1.165) is 5.56 Å². The number of hydrogen-bond acceptors (Lipinski definition) is 10. The molecular formula is C22H28N4O8S. The van der Waals surface area contributed by atoms with Crippen LogP contribution < -0.4 is 20.7 Å². The van der Waals surface area contributed by atoms with E-state index in [2.05, 4.69) is 25.7 Å². The molecule has 190 valence electrons. The normalized spacial score (nSPS) is 15.3. The van der Waals surface area contributed by atoms with Gasteiger partial charge in [0, 0.05) is 19.6 Å². The quantitative estimate of drug-likeness (QED) is 0.248. The van der Waals surface area contributed by atoms with Crippen molar-refractivity contribution < 1.29 is 38.1 Å². The van der Waals surface area contributed by atoms with E-state index in [1.165, 1.54) is 30.9 Å². The molecule has 1 aliphatic heterocycles. The number of aromatic nitrogens is 1. The fourth-order valence-electron chi connectivity index (χ4n) is 2.70. The molecule has 0 aliphatic carbocycles. The van der Waals surface area contributed by atoms with Crippen molar-refractivity contribution in [3.63, 3.8) is 0 Å². The number of carbonyl (C=O) groups is 4. The zero-order valence-corrected chi connectivity index (χ0v) is 20.6. The van der Waals surface area contributed by atoms with Crippen molar-refractivity contribution in [2.45, 2.75) is 25.5 Å². The number of carbonyl (C=O) groups excluding carboxylic acids is 4. The van der Waals surface area contributed by atoms with Crippen molar-refractivity contribution in [1.29, 1.82) is 0 Å². The first-order valence-corrected chi connectivity index (χ1v) is 11.3. The topological polar surface area (TPSA) is 154 Å². The minimum absolute atomic E-state index is 0.157. The molecule has 2 aromatic rings. The molecule has 3 rings (SSSR count). The zero-order valence-electron chi connectivity index (χ0n) is 19.8. The molecule has 1 unspecified atom stereocenters. The Morgan fingerprint density at radius 1 is 1.14 bits per heavy atom. The van der Waals surface area contributed by atoms with Crippen molar-refractivity contribution in [3.8, 4) is 5.75 Å². The van der Waals surface area contributed by atoms with E-state index in [0.29, 0.717) is 24.1 Å². The zero-order chi connectivity index (χ0) is 25.8. The van der Waals surface area contributed by atoms with Crippen molar-refractivity contribution in [2.75, 3.05) is 39.9 Å². The van der Waals surface area contributed by atoms with E-state index in [1.54, 1.807) is 38.3 Å². The third kappa shape index (κ3) is 8.96. The van der Waals surface area contributed by atoms with E-state index in [9.17, 15) is 19.2 Å². The molecule has 1 aromatic carbocycles. The number of nitrogens with one attached hydrogen (secondary N) is 3. The van der Waals surface area contributed by atoms with Crippen LogP contribution >= 0.6 is 11.3 Å². The number of nitrogens with zero attached hydrogens (tertiary/aromatic N) is 1. The average Bonchev–Trinajstić information content (AvgIpc) is 3.45. The maximum Gasteiger partial charge on any atom is 0.357 e. The van der Waals surface area contributed by atoms with Gasteiger partial charge in [0.1, 0.15) is 18.4 Å². The summed E-state index contributed by atoms with van der Waals surface area (Å²) in [6.45, 7) is 2.78. The Hall–Kier alpha value is -3.55. The summed E-state index contributed by atoms with van der Waals surface area (Å²) in [6, 6.07) is 5.91. The first-order chi connectivity index (χ1) is 16.8. The van der Waals surface area contributed by atoms with Crippen LogP contribution in [0.5, 0.6) is 5.75 Å². The molecule has 35 heavy (non-hydrogen) atoms. The third-order valence-electron chi connectivity index (χ3n) is 4.56. The van der Waals surface area contributed by atoms with Gasteiger partial charge in [-0.25, -0.2) is 14.6 Å². The standard InChI is InChI=1S/C12H14N2O4.C10H14N2O4S/c1-17-6-7-18-9-4-2-8(3-5-9)10-11(15)14-12(16)13-10;1-6(15-2)4-8(13)12-10-11-7(5-17-10)9(14)16-3/h2-5,10H,6-7H2,1H3,(H2,13,14,15,16);5-6H,4H2,1-3H3,(H,11,12,13)/t10-;/m1./s1. The highest BCUT2D eigenvalue weighted by atomic mass is 32.1. The summed E-state index contributed by atoms with van der Waals surface area (Å²) in [6.07, 6.45) is 0.0823. The Kier molecular flexibility index (Phi) is 11.1. The van der Waals surface area contributed by atoms with Crippen LogP contribution in [0.15, 0.2) is 29.6 Å². The van der Waals surface area contributed by atoms with Crippen LogP contribution in [-0.2, 0) is 23.8 Å². The van der Waals surface area contributed by atoms with Gasteiger partial charge in [-0.1, -0.05) is 12.1 Å². The van der Waals surface area contributed by atoms with Crippen LogP contribution in [0, 0.1) is 0 Å². The van der Waals surface area contributed by atoms with E-state index in [1.807, 2.05) is 0 Å². The molecule has 0 bridgehead atoms. The number of anilines is 1. The van der Waals surface area contributed by atoms with Crippen molar-refractivity contribution >= 4 is 40.3 Å². The highest BCUT2D eigenvalue weighted by Crippen LogP contribution is 2.20. The molecule has 0 radical (unpaired) electrons. The van der Waals surface area contributed by atoms with Gasteiger partial charge in [-0.2, -0.15) is 0 Å². The SMILES string of the molecule is COC(=O)c1csc(NC(=O)CC(C)OC)n1.COCCOc1ccc([C@H]2NC(=O)NC2=O)cc1. The van der Waals surface area contributed by atoms with E-state index >= 15 is 0 Å². The average molecular weight is 509 g/mol. The van der Waals surface area contributed by atoms with Gasteiger partial charge in [-0.3, -0.25) is 14.9 Å². The lowest BCUT2D eigenvalue weighted by Gasteiger charge is -2.09. The molecule has 1 fully saturated rings. The second-order valence-electron chi connectivity index (χ2n) is 7.13. The molecule has 0 saturated carbocycles. The number of rotatable bonds is 10. The molecular weight excluding hydrogens is 480 g/mol. The van der Waals surface area contributed by atoms with Gasteiger partial charge in [0.2, 0.25) is 5.91 Å². The number of esters is 1. The molecule has 4 amide bonds. The summed E-state index contributed by atoms with van der Waals surface area (Å²) in [7, 11) is 4.42. The lowest BCUT2D eigenvalue weighted by atomic mass is 10.1. The van der Waals surface area contributed by atoms with Crippen molar-refractivity contribution in [3.05, 3.63) is 40.9 Å². The Bertz CT molecular complexity index is 1010. The second kappa shape index (κ2) is 14.0. The van der Waals surface area contributed by atoms with E-state index < -0.39 is 18.0 Å². The fraction of sp³-hybridized carbons (Fsp3) is 0.409. The molecule has 1 saturated heterocycles. The smallest absolute Gasteiger partial charge is 0.357 e. The molecule has 1 aliphatic rings. The van der Waals surface area contributed by atoms with Crippen LogP contribution in [0.1, 0.15) is 35.4 Å². The number of amides is 4. The molecule has 13 heteroatoms. The maximum atomic E-state index is 11.5. The summed E-state index contributed by atoms with van der Waals surface area (Å²) in [5.41, 5.74) is 0.907. The minimum Gasteiger partial charge on any atom is -0.491 e. The molecule has 2 atom stereocenters. The lowest BCUT2D eigenvalue weighted by Crippen LogP contribution is -2.22. The van der Waals surface area contributed by atoms with Gasteiger partial charge >= 0.3 is 12.0 Å². The maximum absolute atomic E-state index is 11.5. The van der Waals surface area contributed by atoms with Crippen molar-refractivity contribution in [1.82, 2.24) is 15.6 Å². The number of urea groups is 1. The van der Waals surface area contributed by atoms with Crippen LogP contribution in [-0.4, -0.2) is 69.4 Å². The fourth-order valence-corrected chi connectivity index (χ4v) is 3.39. The van der Waals surface area contributed by atoms with Gasteiger partial charge < -0.3 is 29.6 Å². The summed E-state index contributed by atoms with van der Waals surface area (Å²) in [5, 5.41) is 9.21. The van der Waals surface area contributed by atoms with E-state index in [4.69, 9.17) is 14.2 Å². The van der Waals surface area contributed by atoms with Gasteiger partial charge in [0.25, 0.3) is 5.91 Å². The number of hydrogen-bond donors (Lipinski definition) is 3. The summed E-state index contributed by atoms with van der Waals surface area (Å²) < 4.78 is 19.7. The lowest BCUT2D eigenvalue weighted by molar-refractivity contribution is -0.120. The second-order valence-corrected chi connectivity index (χ2v) is 7.99. The van der Waals surface area contributed by atoms with Crippen LogP contribution in [0.4, 0.5) is 9.93 Å². The van der Waals surface area contributed by atoms with Crippen molar-refractivity contribution in [2.24, 2.45) is 0 Å². The van der Waals surface area contributed by atoms with E-state index in [-0.39, 0.29) is 30.0 Å². The monoisotopic (exact) mass is 508 g/mol. The minimum atomic E-state index is -0.620. The summed E-state index contributed by atoms with van der Waals surface area (Å²) in [4.78, 5) is 49.0. The predicted molar refractivity (Wildman–Crippen MR) is 126 cm³/mol. The largest absolute Gasteiger partial charge is 0.491 e. The highest BCUT2D eigenvalue weighted by molar-refractivity contribution is 7.14. The van der Waals surface area contributed by atoms with Crippen LogP contribution in [0.25, 0.3) is 0 Å². The van der Waals surface area contributed by atoms with Crippen LogP contribution in [0.2, 0.25) is 0 Å². The molecule has 3 N–H and O–H groups in total. The Labute approximate surface area is 206 Å². The number of benzene rings is 1. The Morgan fingerprint density at radius 2 is 1.86 bits per heavy atom. The molecule has 0 spiro atoms. The van der Waals surface area contributed by atoms with Gasteiger partial charge in [-0.05, 0) is 24.6 Å². The highest BCUT2D eigenvalue weighted by Gasteiger charge is 2.30. The molecule has 2 heterocycles. The molecule has 1 aromatic heterocycles. The number of imide groups is 1.